The normalized spacial score (nSPS) is 16.6. The summed E-state index contributed by atoms with van der Waals surface area (Å²) in [5.41, 5.74) is 1.24. The Bertz CT molecular complexity index is 948. The summed E-state index contributed by atoms with van der Waals surface area (Å²) in [6, 6.07) is 12.0. The van der Waals surface area contributed by atoms with Crippen molar-refractivity contribution in [3.63, 3.8) is 0 Å². The molecular weight excluding hydrogens is 352 g/mol. The number of para-hydroxylation sites is 1. The van der Waals surface area contributed by atoms with E-state index in [0.29, 0.717) is 34.1 Å². The molecule has 1 atom stereocenters. The first-order valence-corrected chi connectivity index (χ1v) is 8.91. The number of nitrogens with zero attached hydrogens (tertiary/aromatic N) is 2. The van der Waals surface area contributed by atoms with Gasteiger partial charge in [0.25, 0.3) is 5.91 Å². The van der Waals surface area contributed by atoms with Crippen molar-refractivity contribution in [1.29, 1.82) is 0 Å². The number of benzene rings is 1. The van der Waals surface area contributed by atoms with Gasteiger partial charge < -0.3 is 14.3 Å². The summed E-state index contributed by atoms with van der Waals surface area (Å²) in [4.78, 5) is 13.5. The van der Waals surface area contributed by atoms with Crippen molar-refractivity contribution in [1.82, 2.24) is 5.01 Å². The van der Waals surface area contributed by atoms with Crippen LogP contribution in [-0.2, 0) is 0 Å². The van der Waals surface area contributed by atoms with Crippen LogP contribution in [0.1, 0.15) is 33.5 Å². The molecule has 7 heteroatoms. The molecule has 0 unspecified atom stereocenters. The molecule has 26 heavy (non-hydrogen) atoms. The molecule has 3 aromatic rings. The van der Waals surface area contributed by atoms with E-state index in [1.165, 1.54) is 23.5 Å². The van der Waals surface area contributed by atoms with Crippen LogP contribution >= 0.6 is 11.3 Å². The number of thiophene rings is 1. The smallest absolute Gasteiger partial charge is 0.284 e. The van der Waals surface area contributed by atoms with Gasteiger partial charge in [0.2, 0.25) is 0 Å². The van der Waals surface area contributed by atoms with Crippen LogP contribution in [-0.4, -0.2) is 28.8 Å². The monoisotopic (exact) mass is 368 g/mol. The van der Waals surface area contributed by atoms with Crippen LogP contribution < -0.4 is 4.74 Å². The Morgan fingerprint density at radius 3 is 2.88 bits per heavy atom. The predicted molar refractivity (Wildman–Crippen MR) is 97.8 cm³/mol. The summed E-state index contributed by atoms with van der Waals surface area (Å²) in [6.45, 7) is 0. The Kier molecular flexibility index (Phi) is 4.22. The van der Waals surface area contributed by atoms with Crippen LogP contribution in [0.3, 0.4) is 0 Å². The third kappa shape index (κ3) is 2.76. The van der Waals surface area contributed by atoms with Gasteiger partial charge in [-0.2, -0.15) is 5.10 Å². The molecule has 1 aliphatic heterocycles. The average molecular weight is 368 g/mol. The maximum Gasteiger partial charge on any atom is 0.284 e. The van der Waals surface area contributed by atoms with E-state index in [-0.39, 0.29) is 11.7 Å². The number of rotatable bonds is 4. The average Bonchev–Trinajstić information content (AvgIpc) is 3.42. The highest BCUT2D eigenvalue weighted by Gasteiger charge is 2.36. The molecule has 132 valence electrons. The van der Waals surface area contributed by atoms with E-state index in [0.717, 1.165) is 0 Å². The molecule has 0 saturated heterocycles. The van der Waals surface area contributed by atoms with Gasteiger partial charge in [0.1, 0.15) is 11.5 Å². The molecule has 1 aliphatic rings. The highest BCUT2D eigenvalue weighted by atomic mass is 32.1. The summed E-state index contributed by atoms with van der Waals surface area (Å²) in [6.07, 6.45) is 2.00. The first-order chi connectivity index (χ1) is 12.7. The fourth-order valence-corrected chi connectivity index (χ4v) is 3.67. The maximum absolute atomic E-state index is 13.0. The number of aromatic hydroxyl groups is 1. The maximum atomic E-state index is 13.0. The van der Waals surface area contributed by atoms with Gasteiger partial charge in [-0.1, -0.05) is 18.2 Å². The Balaban J connectivity index is 1.76. The van der Waals surface area contributed by atoms with Crippen molar-refractivity contribution in [3.8, 4) is 11.5 Å². The van der Waals surface area contributed by atoms with Gasteiger partial charge in [0, 0.05) is 12.0 Å². The molecule has 0 saturated carbocycles. The van der Waals surface area contributed by atoms with Crippen LogP contribution in [0.2, 0.25) is 0 Å². The number of hydrazone groups is 1. The molecule has 1 aromatic carbocycles. The van der Waals surface area contributed by atoms with E-state index >= 15 is 0 Å². The lowest BCUT2D eigenvalue weighted by Crippen LogP contribution is -2.26. The Morgan fingerprint density at radius 2 is 2.19 bits per heavy atom. The molecule has 0 fully saturated rings. The van der Waals surface area contributed by atoms with Crippen molar-refractivity contribution in [2.24, 2.45) is 5.10 Å². The van der Waals surface area contributed by atoms with Crippen molar-refractivity contribution < 1.29 is 19.1 Å². The standard InChI is InChI=1S/C19H16N2O4S/c1-24-16-6-2-5-12(18(16)22)14-11-13(15-7-3-9-25-15)20-21(14)19(23)17-8-4-10-26-17/h2-10,14,22H,11H2,1H3/t14-/m0/s1. The Hall–Kier alpha value is -3.06. The van der Waals surface area contributed by atoms with Gasteiger partial charge in [-0.3, -0.25) is 4.79 Å². The quantitative estimate of drug-likeness (QED) is 0.754. The number of amides is 1. The summed E-state index contributed by atoms with van der Waals surface area (Å²) in [7, 11) is 1.49. The van der Waals surface area contributed by atoms with Crippen LogP contribution in [0.15, 0.2) is 63.6 Å². The lowest BCUT2D eigenvalue weighted by molar-refractivity contribution is 0.0714. The van der Waals surface area contributed by atoms with Crippen LogP contribution in [0.4, 0.5) is 0 Å². The topological polar surface area (TPSA) is 75.3 Å². The molecule has 0 radical (unpaired) electrons. The van der Waals surface area contributed by atoms with Gasteiger partial charge >= 0.3 is 0 Å². The molecule has 0 spiro atoms. The van der Waals surface area contributed by atoms with Gasteiger partial charge in [-0.05, 0) is 29.6 Å². The van der Waals surface area contributed by atoms with E-state index in [4.69, 9.17) is 9.15 Å². The Morgan fingerprint density at radius 1 is 1.31 bits per heavy atom. The number of phenolic OH excluding ortho intramolecular Hbond substituents is 1. The van der Waals surface area contributed by atoms with Gasteiger partial charge in [0.15, 0.2) is 11.5 Å². The zero-order valence-electron chi connectivity index (χ0n) is 14.0. The fourth-order valence-electron chi connectivity index (χ4n) is 3.02. The first-order valence-electron chi connectivity index (χ1n) is 8.03. The number of furan rings is 1. The largest absolute Gasteiger partial charge is 0.504 e. The minimum atomic E-state index is -0.445. The number of hydrogen-bond donors (Lipinski definition) is 1. The lowest BCUT2D eigenvalue weighted by atomic mass is 9.99. The summed E-state index contributed by atoms with van der Waals surface area (Å²) in [5.74, 6) is 0.769. The number of carbonyl (C=O) groups excluding carboxylic acids is 1. The summed E-state index contributed by atoms with van der Waals surface area (Å²) < 4.78 is 10.6. The van der Waals surface area contributed by atoms with Crippen LogP contribution in [0.5, 0.6) is 11.5 Å². The van der Waals surface area contributed by atoms with Crippen molar-refractivity contribution in [2.75, 3.05) is 7.11 Å². The number of phenols is 1. The molecule has 2 aromatic heterocycles. The minimum absolute atomic E-state index is 0.0138. The highest BCUT2D eigenvalue weighted by Crippen LogP contribution is 2.41. The summed E-state index contributed by atoms with van der Waals surface area (Å²) in [5, 5.41) is 18.3. The zero-order valence-corrected chi connectivity index (χ0v) is 14.8. The van der Waals surface area contributed by atoms with Gasteiger partial charge in [-0.15, -0.1) is 11.3 Å². The number of methoxy groups -OCH3 is 1. The molecule has 1 amide bonds. The second-order valence-corrected chi connectivity index (χ2v) is 6.72. The first kappa shape index (κ1) is 16.4. The predicted octanol–water partition coefficient (Wildman–Crippen LogP) is 4.05. The summed E-state index contributed by atoms with van der Waals surface area (Å²) >= 11 is 1.35. The fraction of sp³-hybridized carbons (Fsp3) is 0.158. The third-order valence-corrected chi connectivity index (χ3v) is 5.12. The number of ether oxygens (including phenoxy) is 1. The SMILES string of the molecule is COc1cccc([C@@H]2CC(c3ccco3)=NN2C(=O)c2cccs2)c1O. The van der Waals surface area contributed by atoms with E-state index in [1.54, 1.807) is 42.7 Å². The number of carbonyl (C=O) groups is 1. The van der Waals surface area contributed by atoms with E-state index in [1.807, 2.05) is 11.4 Å². The zero-order chi connectivity index (χ0) is 18.1. The molecule has 0 bridgehead atoms. The van der Waals surface area contributed by atoms with E-state index < -0.39 is 6.04 Å². The molecule has 1 N–H and O–H groups in total. The molecular formula is C19H16N2O4S. The van der Waals surface area contributed by atoms with E-state index in [9.17, 15) is 9.90 Å². The van der Waals surface area contributed by atoms with Gasteiger partial charge in [-0.25, -0.2) is 5.01 Å². The lowest BCUT2D eigenvalue weighted by Gasteiger charge is -2.22. The van der Waals surface area contributed by atoms with E-state index in [2.05, 4.69) is 5.10 Å². The molecule has 6 nitrogen and oxygen atoms in total. The van der Waals surface area contributed by atoms with Crippen molar-refractivity contribution in [3.05, 3.63) is 70.3 Å². The molecule has 0 aliphatic carbocycles. The molecule has 4 rings (SSSR count). The second kappa shape index (κ2) is 6.68. The Labute approximate surface area is 153 Å². The second-order valence-electron chi connectivity index (χ2n) is 5.77. The van der Waals surface area contributed by atoms with Crippen LogP contribution in [0.25, 0.3) is 0 Å². The number of hydrogen-bond acceptors (Lipinski definition) is 6. The van der Waals surface area contributed by atoms with Crippen molar-refractivity contribution >= 4 is 23.0 Å². The van der Waals surface area contributed by atoms with Crippen LogP contribution in [0, 0.1) is 0 Å². The van der Waals surface area contributed by atoms with Gasteiger partial charge in [0.05, 0.1) is 24.3 Å². The third-order valence-electron chi connectivity index (χ3n) is 4.27. The molecule has 3 heterocycles. The highest BCUT2D eigenvalue weighted by molar-refractivity contribution is 7.12. The van der Waals surface area contributed by atoms with Crippen molar-refractivity contribution in [2.45, 2.75) is 12.5 Å². The minimum Gasteiger partial charge on any atom is -0.504 e.